The van der Waals surface area contributed by atoms with E-state index in [0.717, 1.165) is 5.01 Å². The fourth-order valence-electron chi connectivity index (χ4n) is 2.32. The van der Waals surface area contributed by atoms with Gasteiger partial charge in [-0.05, 0) is 31.5 Å². The molecule has 24 heavy (non-hydrogen) atoms. The lowest BCUT2D eigenvalue weighted by molar-refractivity contribution is 0.417. The van der Waals surface area contributed by atoms with Gasteiger partial charge in [-0.25, -0.2) is 4.98 Å². The Labute approximate surface area is 148 Å². The van der Waals surface area contributed by atoms with E-state index < -0.39 is 10.0 Å². The second-order valence-corrected chi connectivity index (χ2v) is 8.18. The Morgan fingerprint density at radius 1 is 1.42 bits per heavy atom. The fourth-order valence-corrected chi connectivity index (χ4v) is 4.71. The molecular weight excluding hydrogens is 372 g/mol. The number of rotatable bonds is 5. The number of nitrogens with one attached hydrogen (secondary N) is 1. The molecule has 0 aliphatic carbocycles. The molecule has 1 N–H and O–H groups in total. The third kappa shape index (κ3) is 2.94. The molecule has 0 atom stereocenters. The maximum Gasteiger partial charge on any atom is 0.281 e. The lowest BCUT2D eigenvalue weighted by atomic mass is 10.3. The summed E-state index contributed by atoms with van der Waals surface area (Å²) in [6, 6.07) is 4.71. The van der Waals surface area contributed by atoms with Gasteiger partial charge in [-0.3, -0.25) is 4.72 Å². The van der Waals surface area contributed by atoms with E-state index in [9.17, 15) is 8.42 Å². The minimum absolute atomic E-state index is 0.0337. The first-order valence-electron chi connectivity index (χ1n) is 7.07. The first-order chi connectivity index (χ1) is 11.4. The van der Waals surface area contributed by atoms with Gasteiger partial charge in [0.25, 0.3) is 10.0 Å². The molecule has 0 amide bonds. The molecule has 0 radical (unpaired) electrons. The number of ether oxygens (including phenoxy) is 1. The number of hydrogen-bond donors (Lipinski definition) is 1. The highest BCUT2D eigenvalue weighted by Gasteiger charge is 2.27. The van der Waals surface area contributed by atoms with Gasteiger partial charge >= 0.3 is 0 Å². The molecule has 0 bridgehead atoms. The summed E-state index contributed by atoms with van der Waals surface area (Å²) in [5.74, 6) is 0.372. The van der Waals surface area contributed by atoms with Crippen LogP contribution in [0.15, 0.2) is 23.2 Å². The number of halogens is 1. The monoisotopic (exact) mass is 386 g/mol. The van der Waals surface area contributed by atoms with Crippen molar-refractivity contribution in [3.8, 4) is 5.75 Å². The van der Waals surface area contributed by atoms with Crippen molar-refractivity contribution >= 4 is 43.6 Å². The molecule has 3 rings (SSSR count). The molecule has 128 valence electrons. The van der Waals surface area contributed by atoms with Crippen LogP contribution in [0, 0.1) is 6.92 Å². The number of hydrogen-bond acceptors (Lipinski definition) is 6. The molecule has 0 aliphatic heterocycles. The average molecular weight is 387 g/mol. The second kappa shape index (κ2) is 6.23. The predicted octanol–water partition coefficient (Wildman–Crippen LogP) is 3.12. The molecule has 0 saturated heterocycles. The summed E-state index contributed by atoms with van der Waals surface area (Å²) in [5.41, 5.74) is 0.719. The van der Waals surface area contributed by atoms with Gasteiger partial charge < -0.3 is 4.74 Å². The Balaban J connectivity index is 2.13. The van der Waals surface area contributed by atoms with Crippen molar-refractivity contribution in [3.63, 3.8) is 0 Å². The molecule has 0 unspecified atom stereocenters. The summed E-state index contributed by atoms with van der Waals surface area (Å²) in [7, 11) is -2.46. The van der Waals surface area contributed by atoms with Crippen molar-refractivity contribution in [1.29, 1.82) is 0 Å². The first kappa shape index (κ1) is 17.0. The Bertz CT molecular complexity index is 1010. The van der Waals surface area contributed by atoms with Crippen molar-refractivity contribution in [3.05, 3.63) is 33.9 Å². The number of benzene rings is 1. The Kier molecular flexibility index (Phi) is 4.41. The van der Waals surface area contributed by atoms with Gasteiger partial charge in [-0.15, -0.1) is 0 Å². The minimum Gasteiger partial charge on any atom is -0.495 e. The standard InChI is InChI=1S/C14H15ClN4O3S2/c1-4-10-13(19-14(16-10)23-8(2)17-19)24(20,21)18-11-7-9(15)5-6-12(11)22-3/h5-7,18H,4H2,1-3H3. The van der Waals surface area contributed by atoms with E-state index in [0.29, 0.717) is 27.8 Å². The van der Waals surface area contributed by atoms with Gasteiger partial charge in [0.15, 0.2) is 0 Å². The molecule has 7 nitrogen and oxygen atoms in total. The summed E-state index contributed by atoms with van der Waals surface area (Å²) < 4.78 is 35.0. The van der Waals surface area contributed by atoms with Crippen LogP contribution >= 0.6 is 22.9 Å². The van der Waals surface area contributed by atoms with Crippen LogP contribution in [-0.4, -0.2) is 30.1 Å². The third-order valence-corrected chi connectivity index (χ3v) is 5.79. The zero-order valence-corrected chi connectivity index (χ0v) is 15.6. The smallest absolute Gasteiger partial charge is 0.281 e. The van der Waals surface area contributed by atoms with E-state index in [-0.39, 0.29) is 10.7 Å². The number of aromatic nitrogens is 3. The first-order valence-corrected chi connectivity index (χ1v) is 9.75. The highest BCUT2D eigenvalue weighted by molar-refractivity contribution is 7.92. The molecule has 1 aromatic carbocycles. The SMILES string of the molecule is CCc1nc2sc(C)nn2c1S(=O)(=O)Nc1cc(Cl)ccc1OC. The van der Waals surface area contributed by atoms with Crippen LogP contribution < -0.4 is 9.46 Å². The summed E-state index contributed by atoms with van der Waals surface area (Å²) >= 11 is 7.30. The van der Waals surface area contributed by atoms with E-state index >= 15 is 0 Å². The van der Waals surface area contributed by atoms with Crippen LogP contribution in [-0.2, 0) is 16.4 Å². The fraction of sp³-hybridized carbons (Fsp3) is 0.286. The number of imidazole rings is 1. The molecule has 0 fully saturated rings. The number of aryl methyl sites for hydroxylation is 2. The topological polar surface area (TPSA) is 85.6 Å². The van der Waals surface area contributed by atoms with Crippen molar-refractivity contribution in [2.45, 2.75) is 25.3 Å². The largest absolute Gasteiger partial charge is 0.495 e. The van der Waals surface area contributed by atoms with E-state index in [4.69, 9.17) is 16.3 Å². The number of anilines is 1. The maximum atomic E-state index is 12.9. The lowest BCUT2D eigenvalue weighted by Crippen LogP contribution is -2.17. The Morgan fingerprint density at radius 2 is 2.17 bits per heavy atom. The summed E-state index contributed by atoms with van der Waals surface area (Å²) in [5, 5.41) is 5.41. The van der Waals surface area contributed by atoms with E-state index in [1.54, 1.807) is 19.1 Å². The molecule has 0 spiro atoms. The van der Waals surface area contributed by atoms with E-state index in [1.165, 1.54) is 29.0 Å². The molecular formula is C14H15ClN4O3S2. The summed E-state index contributed by atoms with van der Waals surface area (Å²) in [4.78, 5) is 4.91. The van der Waals surface area contributed by atoms with Gasteiger partial charge in [0.2, 0.25) is 9.99 Å². The molecule has 0 aliphatic rings. The van der Waals surface area contributed by atoms with Crippen LogP contribution in [0.3, 0.4) is 0 Å². The Morgan fingerprint density at radius 3 is 2.83 bits per heavy atom. The predicted molar refractivity (Wildman–Crippen MR) is 93.8 cm³/mol. The van der Waals surface area contributed by atoms with E-state index in [1.807, 2.05) is 6.92 Å². The lowest BCUT2D eigenvalue weighted by Gasteiger charge is -2.12. The molecule has 0 saturated carbocycles. The number of nitrogens with zero attached hydrogens (tertiary/aromatic N) is 3. The van der Waals surface area contributed by atoms with Crippen molar-refractivity contribution < 1.29 is 13.2 Å². The van der Waals surface area contributed by atoms with Crippen LogP contribution in [0.2, 0.25) is 5.02 Å². The van der Waals surface area contributed by atoms with Gasteiger partial charge in [-0.1, -0.05) is 29.9 Å². The Hall–Kier alpha value is -1.84. The van der Waals surface area contributed by atoms with Crippen LogP contribution in [0.4, 0.5) is 5.69 Å². The second-order valence-electron chi connectivity index (χ2n) is 4.98. The normalized spacial score (nSPS) is 11.8. The zero-order valence-electron chi connectivity index (χ0n) is 13.2. The number of fused-ring (bicyclic) bond motifs is 1. The minimum atomic E-state index is -3.92. The van der Waals surface area contributed by atoms with Crippen LogP contribution in [0.5, 0.6) is 5.75 Å². The van der Waals surface area contributed by atoms with Crippen LogP contribution in [0.1, 0.15) is 17.6 Å². The number of methoxy groups -OCH3 is 1. The maximum absolute atomic E-state index is 12.9. The summed E-state index contributed by atoms with van der Waals surface area (Å²) in [6.45, 7) is 3.65. The molecule has 10 heteroatoms. The zero-order chi connectivity index (χ0) is 17.5. The van der Waals surface area contributed by atoms with Gasteiger partial charge in [-0.2, -0.15) is 18.0 Å². The molecule has 2 aromatic heterocycles. The van der Waals surface area contributed by atoms with Crippen molar-refractivity contribution in [2.75, 3.05) is 11.8 Å². The summed E-state index contributed by atoms with van der Waals surface area (Å²) in [6.07, 6.45) is 0.470. The van der Waals surface area contributed by atoms with E-state index in [2.05, 4.69) is 14.8 Å². The van der Waals surface area contributed by atoms with Crippen molar-refractivity contribution in [2.24, 2.45) is 0 Å². The number of sulfonamides is 1. The third-order valence-electron chi connectivity index (χ3n) is 3.33. The van der Waals surface area contributed by atoms with Gasteiger partial charge in [0.1, 0.15) is 10.8 Å². The quantitative estimate of drug-likeness (QED) is 0.728. The van der Waals surface area contributed by atoms with Crippen LogP contribution in [0.25, 0.3) is 4.96 Å². The molecule has 3 aromatic rings. The average Bonchev–Trinajstić information content (AvgIpc) is 3.02. The highest BCUT2D eigenvalue weighted by Crippen LogP contribution is 2.31. The highest BCUT2D eigenvalue weighted by atomic mass is 35.5. The molecule has 2 heterocycles. The van der Waals surface area contributed by atoms with Crippen molar-refractivity contribution in [1.82, 2.24) is 14.6 Å². The van der Waals surface area contributed by atoms with Gasteiger partial charge in [0, 0.05) is 5.02 Å². The van der Waals surface area contributed by atoms with Gasteiger partial charge in [0.05, 0.1) is 18.5 Å².